The number of anilines is 1. The van der Waals surface area contributed by atoms with Gasteiger partial charge in [-0.2, -0.15) is 0 Å². The summed E-state index contributed by atoms with van der Waals surface area (Å²) in [5.74, 6) is 0.124. The van der Waals surface area contributed by atoms with Crippen molar-refractivity contribution in [3.8, 4) is 11.3 Å². The summed E-state index contributed by atoms with van der Waals surface area (Å²) in [4.78, 5) is 27.3. The predicted molar refractivity (Wildman–Crippen MR) is 107 cm³/mol. The predicted octanol–water partition coefficient (Wildman–Crippen LogP) is 5.40. The average Bonchev–Trinajstić information content (AvgIpc) is 3.09. The number of thiazole rings is 1. The van der Waals surface area contributed by atoms with Crippen LogP contribution >= 0.6 is 11.3 Å². The quantitative estimate of drug-likeness (QED) is 0.473. The lowest BCUT2D eigenvalue weighted by molar-refractivity contribution is -0.385. The molecule has 0 aliphatic heterocycles. The zero-order valence-corrected chi connectivity index (χ0v) is 16.0. The largest absolute Gasteiger partial charge is 0.298 e. The minimum Gasteiger partial charge on any atom is -0.298 e. The van der Waals surface area contributed by atoms with E-state index in [4.69, 9.17) is 0 Å². The Balaban J connectivity index is 1.74. The van der Waals surface area contributed by atoms with E-state index in [1.54, 1.807) is 6.92 Å². The van der Waals surface area contributed by atoms with E-state index in [2.05, 4.69) is 36.3 Å². The van der Waals surface area contributed by atoms with Gasteiger partial charge in [0.15, 0.2) is 5.13 Å². The van der Waals surface area contributed by atoms with Crippen molar-refractivity contribution < 1.29 is 9.72 Å². The molecule has 138 valence electrons. The fourth-order valence-electron chi connectivity index (χ4n) is 2.67. The van der Waals surface area contributed by atoms with Crippen molar-refractivity contribution in [2.45, 2.75) is 26.7 Å². The molecule has 0 radical (unpaired) electrons. The van der Waals surface area contributed by atoms with Crippen molar-refractivity contribution in [1.29, 1.82) is 0 Å². The van der Waals surface area contributed by atoms with E-state index in [1.807, 2.05) is 17.5 Å². The second-order valence-electron chi connectivity index (χ2n) is 6.53. The lowest BCUT2D eigenvalue weighted by atomic mass is 10.0. The van der Waals surface area contributed by atoms with Crippen LogP contribution < -0.4 is 5.32 Å². The molecule has 2 aromatic carbocycles. The minimum atomic E-state index is -0.464. The highest BCUT2D eigenvalue weighted by Crippen LogP contribution is 2.27. The molecule has 0 saturated carbocycles. The molecule has 0 bridgehead atoms. The molecule has 6 nitrogen and oxygen atoms in total. The van der Waals surface area contributed by atoms with Crippen LogP contribution in [0.3, 0.4) is 0 Å². The normalized spacial score (nSPS) is 10.8. The van der Waals surface area contributed by atoms with E-state index in [1.165, 1.54) is 35.1 Å². The number of nitrogens with one attached hydrogen (secondary N) is 1. The topological polar surface area (TPSA) is 85.1 Å². The monoisotopic (exact) mass is 381 g/mol. The summed E-state index contributed by atoms with van der Waals surface area (Å²) in [6, 6.07) is 12.5. The molecule has 0 unspecified atom stereocenters. The highest BCUT2D eigenvalue weighted by molar-refractivity contribution is 7.14. The van der Waals surface area contributed by atoms with Crippen molar-refractivity contribution in [3.63, 3.8) is 0 Å². The first kappa shape index (κ1) is 18.7. The SMILES string of the molecule is Cc1cc(C(=O)Nc2nc(-c3ccc(C(C)C)cc3)cs2)ccc1[N+](=O)[O-]. The van der Waals surface area contributed by atoms with Gasteiger partial charge < -0.3 is 0 Å². The number of aromatic nitrogens is 1. The maximum Gasteiger partial charge on any atom is 0.272 e. The number of benzene rings is 2. The third kappa shape index (κ3) is 4.20. The number of carbonyl (C=O) groups is 1. The number of nitro groups is 1. The van der Waals surface area contributed by atoms with Crippen molar-refractivity contribution >= 4 is 28.1 Å². The minimum absolute atomic E-state index is 0.00655. The van der Waals surface area contributed by atoms with Gasteiger partial charge in [-0.15, -0.1) is 11.3 Å². The number of aryl methyl sites for hydroxylation is 1. The van der Waals surface area contributed by atoms with Crippen LogP contribution in [0.4, 0.5) is 10.8 Å². The van der Waals surface area contributed by atoms with E-state index in [-0.39, 0.29) is 11.6 Å². The molecule has 0 atom stereocenters. The number of amides is 1. The lowest BCUT2D eigenvalue weighted by Gasteiger charge is -2.05. The molecule has 3 rings (SSSR count). The van der Waals surface area contributed by atoms with Crippen molar-refractivity contribution in [2.75, 3.05) is 5.32 Å². The van der Waals surface area contributed by atoms with E-state index < -0.39 is 4.92 Å². The Labute approximate surface area is 161 Å². The highest BCUT2D eigenvalue weighted by Gasteiger charge is 2.15. The van der Waals surface area contributed by atoms with Crippen molar-refractivity contribution in [1.82, 2.24) is 4.98 Å². The van der Waals surface area contributed by atoms with E-state index >= 15 is 0 Å². The molecule has 3 aromatic rings. The summed E-state index contributed by atoms with van der Waals surface area (Å²) in [6.45, 7) is 5.90. The summed E-state index contributed by atoms with van der Waals surface area (Å²) in [7, 11) is 0. The average molecular weight is 381 g/mol. The molecule has 0 aliphatic carbocycles. The van der Waals surface area contributed by atoms with E-state index in [9.17, 15) is 14.9 Å². The molecule has 1 heterocycles. The molecule has 27 heavy (non-hydrogen) atoms. The van der Waals surface area contributed by atoms with Crippen molar-refractivity contribution in [2.24, 2.45) is 0 Å². The van der Waals surface area contributed by atoms with E-state index in [0.29, 0.717) is 22.2 Å². The first-order valence-electron chi connectivity index (χ1n) is 8.47. The summed E-state index contributed by atoms with van der Waals surface area (Å²) in [6.07, 6.45) is 0. The summed E-state index contributed by atoms with van der Waals surface area (Å²) < 4.78 is 0. The third-order valence-electron chi connectivity index (χ3n) is 4.25. The number of nitro benzene ring substituents is 1. The van der Waals surface area contributed by atoms with Gasteiger partial charge in [0.25, 0.3) is 11.6 Å². The molecule has 1 amide bonds. The molecule has 0 aliphatic rings. The van der Waals surface area contributed by atoms with Crippen LogP contribution in [0, 0.1) is 17.0 Å². The third-order valence-corrected chi connectivity index (χ3v) is 5.01. The van der Waals surface area contributed by atoms with Gasteiger partial charge in [0, 0.05) is 28.1 Å². The summed E-state index contributed by atoms with van der Waals surface area (Å²) in [5.41, 5.74) is 3.84. The maximum atomic E-state index is 12.4. The fraction of sp³-hybridized carbons (Fsp3) is 0.200. The van der Waals surface area contributed by atoms with Gasteiger partial charge in [0.1, 0.15) is 0 Å². The first-order chi connectivity index (χ1) is 12.8. The smallest absolute Gasteiger partial charge is 0.272 e. The Morgan fingerprint density at radius 3 is 2.48 bits per heavy atom. The van der Waals surface area contributed by atoms with Crippen LogP contribution in [0.5, 0.6) is 0 Å². The van der Waals surface area contributed by atoms with Gasteiger partial charge in [0.2, 0.25) is 0 Å². The molecule has 0 spiro atoms. The maximum absolute atomic E-state index is 12.4. The number of rotatable bonds is 5. The Morgan fingerprint density at radius 1 is 1.19 bits per heavy atom. The zero-order valence-electron chi connectivity index (χ0n) is 15.2. The lowest BCUT2D eigenvalue weighted by Crippen LogP contribution is -2.12. The summed E-state index contributed by atoms with van der Waals surface area (Å²) in [5, 5.41) is 16.0. The van der Waals surface area contributed by atoms with Crippen LogP contribution in [0.1, 0.15) is 41.3 Å². The molecule has 1 N–H and O–H groups in total. The molecule has 0 fully saturated rings. The molecule has 1 aromatic heterocycles. The van der Waals surface area contributed by atoms with Gasteiger partial charge in [-0.3, -0.25) is 20.2 Å². The first-order valence-corrected chi connectivity index (χ1v) is 9.35. The molecular weight excluding hydrogens is 362 g/mol. The number of hydrogen-bond donors (Lipinski definition) is 1. The fourth-order valence-corrected chi connectivity index (χ4v) is 3.39. The Hall–Kier alpha value is -3.06. The van der Waals surface area contributed by atoms with Crippen LogP contribution in [0.25, 0.3) is 11.3 Å². The Morgan fingerprint density at radius 2 is 1.89 bits per heavy atom. The standard InChI is InChI=1S/C20H19N3O3S/c1-12(2)14-4-6-15(7-5-14)17-11-27-20(21-17)22-19(24)16-8-9-18(23(25)26)13(3)10-16/h4-12H,1-3H3,(H,21,22,24). The second kappa shape index (κ2) is 7.67. The Kier molecular flexibility index (Phi) is 5.32. The second-order valence-corrected chi connectivity index (χ2v) is 7.39. The summed E-state index contributed by atoms with van der Waals surface area (Å²) >= 11 is 1.34. The van der Waals surface area contributed by atoms with Gasteiger partial charge in [-0.1, -0.05) is 38.1 Å². The number of carbonyl (C=O) groups excluding carboxylic acids is 1. The van der Waals surface area contributed by atoms with Gasteiger partial charge in [-0.05, 0) is 30.5 Å². The van der Waals surface area contributed by atoms with E-state index in [0.717, 1.165) is 11.3 Å². The van der Waals surface area contributed by atoms with Crippen LogP contribution in [0.2, 0.25) is 0 Å². The van der Waals surface area contributed by atoms with Gasteiger partial charge in [-0.25, -0.2) is 4.98 Å². The molecule has 0 saturated heterocycles. The van der Waals surface area contributed by atoms with Crippen molar-refractivity contribution in [3.05, 3.63) is 74.6 Å². The van der Waals surface area contributed by atoms with Crippen LogP contribution in [0.15, 0.2) is 47.8 Å². The van der Waals surface area contributed by atoms with Crippen LogP contribution in [-0.4, -0.2) is 15.8 Å². The molecular formula is C20H19N3O3S. The zero-order chi connectivity index (χ0) is 19.6. The van der Waals surface area contributed by atoms with Gasteiger partial charge in [0.05, 0.1) is 10.6 Å². The highest BCUT2D eigenvalue weighted by atomic mass is 32.1. The number of nitrogens with zero attached hydrogens (tertiary/aromatic N) is 2. The number of hydrogen-bond acceptors (Lipinski definition) is 5. The van der Waals surface area contributed by atoms with Crippen LogP contribution in [-0.2, 0) is 0 Å². The Bertz CT molecular complexity index is 994. The van der Waals surface area contributed by atoms with Gasteiger partial charge >= 0.3 is 0 Å². The molecule has 7 heteroatoms.